The zero-order valence-electron chi connectivity index (χ0n) is 13.5. The lowest BCUT2D eigenvalue weighted by molar-refractivity contribution is -0.228. The van der Waals surface area contributed by atoms with E-state index in [-0.39, 0.29) is 17.7 Å². The van der Waals surface area contributed by atoms with Gasteiger partial charge in [0, 0.05) is 6.42 Å². The van der Waals surface area contributed by atoms with E-state index in [1.54, 1.807) is 13.0 Å². The van der Waals surface area contributed by atoms with Crippen LogP contribution in [-0.2, 0) is 17.3 Å². The van der Waals surface area contributed by atoms with Crippen molar-refractivity contribution in [2.24, 2.45) is 5.92 Å². The molecule has 0 radical (unpaired) electrons. The number of allylic oxidation sites excluding steroid dienone is 2. The van der Waals surface area contributed by atoms with Gasteiger partial charge in [-0.3, -0.25) is 0 Å². The van der Waals surface area contributed by atoms with Crippen molar-refractivity contribution >= 4 is 0 Å². The van der Waals surface area contributed by atoms with Crippen LogP contribution in [0.2, 0.25) is 0 Å². The van der Waals surface area contributed by atoms with Crippen LogP contribution in [0, 0.1) is 17.6 Å². The monoisotopic (exact) mass is 330 g/mol. The second-order valence-electron chi connectivity index (χ2n) is 5.97. The normalized spacial score (nSPS) is 18.7. The van der Waals surface area contributed by atoms with Gasteiger partial charge in [-0.15, -0.1) is 0 Å². The molecule has 0 heterocycles. The van der Waals surface area contributed by atoms with Crippen molar-refractivity contribution in [1.29, 1.82) is 0 Å². The highest BCUT2D eigenvalue weighted by Gasteiger charge is 2.40. The van der Waals surface area contributed by atoms with Gasteiger partial charge in [0.15, 0.2) is 11.6 Å². The highest BCUT2D eigenvalue weighted by atomic mass is 19.3. The third kappa shape index (κ3) is 4.06. The van der Waals surface area contributed by atoms with Gasteiger partial charge in [0.2, 0.25) is 0 Å². The van der Waals surface area contributed by atoms with Crippen LogP contribution in [0.4, 0.5) is 17.6 Å². The van der Waals surface area contributed by atoms with Crippen molar-refractivity contribution in [1.82, 2.24) is 0 Å². The fraction of sp³-hybridized carbons (Fsp3) is 0.556. The maximum atomic E-state index is 14.2. The summed E-state index contributed by atoms with van der Waals surface area (Å²) in [5.41, 5.74) is -0.981. The molecule has 23 heavy (non-hydrogen) atoms. The van der Waals surface area contributed by atoms with Crippen molar-refractivity contribution in [3.63, 3.8) is 0 Å². The maximum absolute atomic E-state index is 14.2. The van der Waals surface area contributed by atoms with E-state index >= 15 is 0 Å². The number of hydrogen-bond donors (Lipinski definition) is 0. The molecule has 1 nitrogen and oxygen atoms in total. The zero-order chi connectivity index (χ0) is 17.0. The van der Waals surface area contributed by atoms with Gasteiger partial charge in [0.05, 0.1) is 5.76 Å². The predicted octanol–water partition coefficient (Wildman–Crippen LogP) is 6.08. The zero-order valence-corrected chi connectivity index (χ0v) is 13.5. The van der Waals surface area contributed by atoms with Crippen molar-refractivity contribution in [2.75, 3.05) is 0 Å². The highest BCUT2D eigenvalue weighted by Crippen LogP contribution is 2.38. The molecule has 5 heteroatoms. The molecule has 128 valence electrons. The van der Waals surface area contributed by atoms with Gasteiger partial charge in [-0.2, -0.15) is 8.78 Å². The Morgan fingerprint density at radius 1 is 1.17 bits per heavy atom. The fourth-order valence-electron chi connectivity index (χ4n) is 2.93. The summed E-state index contributed by atoms with van der Waals surface area (Å²) in [6, 6.07) is 2.08. The third-order valence-corrected chi connectivity index (χ3v) is 4.29. The molecule has 1 aliphatic rings. The lowest BCUT2D eigenvalue weighted by Gasteiger charge is -2.26. The van der Waals surface area contributed by atoms with E-state index in [2.05, 4.69) is 6.92 Å². The quantitative estimate of drug-likeness (QED) is 0.575. The third-order valence-electron chi connectivity index (χ3n) is 4.29. The summed E-state index contributed by atoms with van der Waals surface area (Å²) >= 11 is 0. The molecule has 0 fully saturated rings. The van der Waals surface area contributed by atoms with Crippen molar-refractivity contribution < 1.29 is 22.3 Å². The molecule has 0 saturated heterocycles. The lowest BCUT2D eigenvalue weighted by Crippen LogP contribution is -2.22. The average molecular weight is 330 g/mol. The van der Waals surface area contributed by atoms with Gasteiger partial charge in [-0.05, 0) is 42.9 Å². The molecule has 1 unspecified atom stereocenters. The number of aryl methyl sites for hydroxylation is 1. The van der Waals surface area contributed by atoms with Crippen LogP contribution in [0.5, 0.6) is 0 Å². The first-order valence-electron chi connectivity index (χ1n) is 8.12. The summed E-state index contributed by atoms with van der Waals surface area (Å²) in [7, 11) is 0. The summed E-state index contributed by atoms with van der Waals surface area (Å²) < 4.78 is 60.7. The molecule has 1 aromatic rings. The molecule has 0 aromatic heterocycles. The Kier molecular flexibility index (Phi) is 5.71. The number of hydrogen-bond acceptors (Lipinski definition) is 1. The summed E-state index contributed by atoms with van der Waals surface area (Å²) in [5.74, 6) is -2.12. The van der Waals surface area contributed by atoms with E-state index in [9.17, 15) is 17.6 Å². The van der Waals surface area contributed by atoms with Crippen LogP contribution in [0.3, 0.4) is 0 Å². The van der Waals surface area contributed by atoms with Crippen LogP contribution >= 0.6 is 0 Å². The second kappa shape index (κ2) is 7.37. The van der Waals surface area contributed by atoms with Crippen LogP contribution in [0.1, 0.15) is 57.1 Å². The van der Waals surface area contributed by atoms with E-state index in [1.165, 1.54) is 6.07 Å². The van der Waals surface area contributed by atoms with Gasteiger partial charge in [-0.25, -0.2) is 8.78 Å². The Labute approximate surface area is 134 Å². The fourth-order valence-corrected chi connectivity index (χ4v) is 2.93. The van der Waals surface area contributed by atoms with Crippen LogP contribution in [-0.4, -0.2) is 0 Å². The Morgan fingerprint density at radius 2 is 1.91 bits per heavy atom. The highest BCUT2D eigenvalue weighted by molar-refractivity contribution is 5.28. The maximum Gasteiger partial charge on any atom is 0.429 e. The van der Waals surface area contributed by atoms with Crippen molar-refractivity contribution in [3.8, 4) is 0 Å². The summed E-state index contributed by atoms with van der Waals surface area (Å²) in [5, 5.41) is 0. The van der Waals surface area contributed by atoms with Gasteiger partial charge in [0.25, 0.3) is 0 Å². The summed E-state index contributed by atoms with van der Waals surface area (Å²) in [6.45, 7) is 3.72. The first-order valence-corrected chi connectivity index (χ1v) is 8.12. The minimum Gasteiger partial charge on any atom is -0.434 e. The molecule has 0 saturated carbocycles. The molecule has 0 aliphatic heterocycles. The van der Waals surface area contributed by atoms with Gasteiger partial charge >= 0.3 is 6.11 Å². The number of halogens is 4. The van der Waals surface area contributed by atoms with Crippen LogP contribution < -0.4 is 0 Å². The number of alkyl halides is 2. The first-order chi connectivity index (χ1) is 10.9. The van der Waals surface area contributed by atoms with E-state index < -0.39 is 23.3 Å². The van der Waals surface area contributed by atoms with E-state index in [0.29, 0.717) is 18.8 Å². The molecule has 1 aliphatic carbocycles. The number of benzene rings is 1. The van der Waals surface area contributed by atoms with Gasteiger partial charge in [0.1, 0.15) is 5.56 Å². The van der Waals surface area contributed by atoms with Crippen LogP contribution in [0.15, 0.2) is 24.0 Å². The molecule has 2 rings (SSSR count). The molecular weight excluding hydrogens is 308 g/mol. The standard InChI is InChI=1S/C18H22F4O/c1-3-5-12-6-9-14(10-7-12)23-18(21,22)15-11-8-13(4-2)16(19)17(15)20/h8-9,11-12H,3-7,10H2,1-2H3. The summed E-state index contributed by atoms with van der Waals surface area (Å²) in [4.78, 5) is 0. The SMILES string of the molecule is CCCC1CC=C(OC(F)(F)c2ccc(CC)c(F)c2F)CC1. The Balaban J connectivity index is 2.15. The Hall–Kier alpha value is -1.52. The van der Waals surface area contributed by atoms with E-state index in [4.69, 9.17) is 4.74 Å². The average Bonchev–Trinajstić information content (AvgIpc) is 2.51. The first kappa shape index (κ1) is 17.8. The van der Waals surface area contributed by atoms with E-state index in [0.717, 1.165) is 25.3 Å². The predicted molar refractivity (Wildman–Crippen MR) is 81.0 cm³/mol. The molecule has 0 amide bonds. The molecule has 1 aromatic carbocycles. The summed E-state index contributed by atoms with van der Waals surface area (Å²) in [6.07, 6.45) is 1.98. The Morgan fingerprint density at radius 3 is 2.48 bits per heavy atom. The Bertz CT molecular complexity index is 581. The lowest BCUT2D eigenvalue weighted by atomic mass is 9.90. The van der Waals surface area contributed by atoms with Gasteiger partial charge in [-0.1, -0.05) is 32.8 Å². The van der Waals surface area contributed by atoms with Crippen LogP contribution in [0.25, 0.3) is 0 Å². The smallest absolute Gasteiger partial charge is 0.429 e. The molecule has 0 bridgehead atoms. The molecule has 0 N–H and O–H groups in total. The van der Waals surface area contributed by atoms with Crippen molar-refractivity contribution in [3.05, 3.63) is 46.7 Å². The van der Waals surface area contributed by atoms with E-state index in [1.807, 2.05) is 0 Å². The number of ether oxygens (including phenoxy) is 1. The second-order valence-corrected chi connectivity index (χ2v) is 5.97. The molecule has 1 atom stereocenters. The minimum atomic E-state index is -3.87. The molecular formula is C18H22F4O. The largest absolute Gasteiger partial charge is 0.434 e. The van der Waals surface area contributed by atoms with Crippen molar-refractivity contribution in [2.45, 2.75) is 58.5 Å². The minimum absolute atomic E-state index is 0.0707. The topological polar surface area (TPSA) is 9.23 Å². The number of rotatable bonds is 6. The molecule has 0 spiro atoms. The van der Waals surface area contributed by atoms with Gasteiger partial charge < -0.3 is 4.74 Å².